The van der Waals surface area contributed by atoms with Crippen molar-refractivity contribution in [3.8, 4) is 0 Å². The lowest BCUT2D eigenvalue weighted by Crippen LogP contribution is -2.40. The minimum absolute atomic E-state index is 0.0735. The highest BCUT2D eigenvalue weighted by molar-refractivity contribution is 5.79. The lowest BCUT2D eigenvalue weighted by atomic mass is 10.4. The fraction of sp³-hybridized carbons (Fsp3) is 0.778. The summed E-state index contributed by atoms with van der Waals surface area (Å²) in [7, 11) is 0. The fourth-order valence-corrected chi connectivity index (χ4v) is 1.17. The zero-order valence-electron chi connectivity index (χ0n) is 8.32. The number of carboxylic acids is 1. The van der Waals surface area contributed by atoms with E-state index in [0.29, 0.717) is 12.6 Å². The normalized spacial score (nSPS) is 15.6. The van der Waals surface area contributed by atoms with Crippen LogP contribution in [0.5, 0.6) is 0 Å². The van der Waals surface area contributed by atoms with Gasteiger partial charge in [-0.1, -0.05) is 6.92 Å². The molecule has 0 bridgehead atoms. The van der Waals surface area contributed by atoms with Gasteiger partial charge in [0.1, 0.15) is 0 Å². The van der Waals surface area contributed by atoms with Gasteiger partial charge in [-0.25, -0.2) is 0 Å². The Morgan fingerprint density at radius 1 is 1.43 bits per heavy atom. The van der Waals surface area contributed by atoms with E-state index in [0.717, 1.165) is 12.8 Å². The number of nitrogens with zero attached hydrogens (tertiary/aromatic N) is 1. The third kappa shape index (κ3) is 4.23. The molecule has 0 unspecified atom stereocenters. The van der Waals surface area contributed by atoms with Gasteiger partial charge in [-0.2, -0.15) is 0 Å². The molecule has 1 aliphatic carbocycles. The minimum Gasteiger partial charge on any atom is -0.480 e. The van der Waals surface area contributed by atoms with Crippen LogP contribution in [0.2, 0.25) is 0 Å². The van der Waals surface area contributed by atoms with E-state index < -0.39 is 5.97 Å². The van der Waals surface area contributed by atoms with Crippen molar-refractivity contribution in [2.75, 3.05) is 19.6 Å². The second kappa shape index (κ2) is 4.95. The largest absolute Gasteiger partial charge is 0.480 e. The van der Waals surface area contributed by atoms with Gasteiger partial charge < -0.3 is 10.4 Å². The van der Waals surface area contributed by atoms with Gasteiger partial charge in [-0.05, 0) is 19.4 Å². The maximum Gasteiger partial charge on any atom is 0.317 e. The van der Waals surface area contributed by atoms with Gasteiger partial charge in [0.25, 0.3) is 0 Å². The molecule has 0 heterocycles. The van der Waals surface area contributed by atoms with Crippen LogP contribution in [0.25, 0.3) is 0 Å². The van der Waals surface area contributed by atoms with Crippen molar-refractivity contribution in [3.63, 3.8) is 0 Å². The van der Waals surface area contributed by atoms with Crippen LogP contribution < -0.4 is 5.32 Å². The Bertz CT molecular complexity index is 226. The first-order valence-corrected chi connectivity index (χ1v) is 4.85. The number of carbonyl (C=O) groups is 2. The summed E-state index contributed by atoms with van der Waals surface area (Å²) in [6, 6.07) is 0.339. The Labute approximate surface area is 83.1 Å². The number of carboxylic acid groups (broad SMARTS) is 1. The molecule has 0 aromatic carbocycles. The highest BCUT2D eigenvalue weighted by Crippen LogP contribution is 2.18. The lowest BCUT2D eigenvalue weighted by Gasteiger charge is -2.16. The molecular weight excluding hydrogens is 184 g/mol. The average Bonchev–Trinajstić information content (AvgIpc) is 2.86. The van der Waals surface area contributed by atoms with Crippen LogP contribution in [0.3, 0.4) is 0 Å². The summed E-state index contributed by atoms with van der Waals surface area (Å²) in [4.78, 5) is 23.3. The molecular formula is C9H16N2O3. The zero-order valence-corrected chi connectivity index (χ0v) is 8.32. The molecule has 0 radical (unpaired) electrons. The molecule has 5 nitrogen and oxygen atoms in total. The number of carbonyl (C=O) groups excluding carboxylic acids is 1. The summed E-state index contributed by atoms with van der Waals surface area (Å²) in [5.74, 6) is -0.971. The van der Waals surface area contributed by atoms with Crippen molar-refractivity contribution < 1.29 is 14.7 Å². The van der Waals surface area contributed by atoms with Crippen LogP contribution in [0.1, 0.15) is 19.8 Å². The summed E-state index contributed by atoms with van der Waals surface area (Å²) in [6.07, 6.45) is 2.10. The highest BCUT2D eigenvalue weighted by atomic mass is 16.4. The summed E-state index contributed by atoms with van der Waals surface area (Å²) >= 11 is 0. The van der Waals surface area contributed by atoms with Crippen LogP contribution >= 0.6 is 0 Å². The molecule has 0 atom stereocenters. The maximum absolute atomic E-state index is 11.3. The van der Waals surface area contributed by atoms with Crippen molar-refractivity contribution in [3.05, 3.63) is 0 Å². The minimum atomic E-state index is -0.897. The fourth-order valence-electron chi connectivity index (χ4n) is 1.17. The van der Waals surface area contributed by atoms with E-state index in [2.05, 4.69) is 5.32 Å². The van der Waals surface area contributed by atoms with Crippen LogP contribution in [-0.2, 0) is 9.59 Å². The molecule has 1 saturated carbocycles. The molecule has 80 valence electrons. The number of likely N-dealkylation sites (N-methyl/N-ethyl adjacent to an activating group) is 1. The second-order valence-electron chi connectivity index (χ2n) is 3.54. The number of rotatable bonds is 6. The highest BCUT2D eigenvalue weighted by Gasteiger charge is 2.24. The van der Waals surface area contributed by atoms with Crippen molar-refractivity contribution in [2.45, 2.75) is 25.8 Å². The topological polar surface area (TPSA) is 69.6 Å². The smallest absolute Gasteiger partial charge is 0.317 e. The first-order chi connectivity index (χ1) is 6.61. The van der Waals surface area contributed by atoms with Crippen LogP contribution in [0.4, 0.5) is 0 Å². The third-order valence-corrected chi connectivity index (χ3v) is 2.12. The lowest BCUT2D eigenvalue weighted by molar-refractivity contribution is -0.138. The molecule has 1 amide bonds. The van der Waals surface area contributed by atoms with Gasteiger partial charge in [0.05, 0.1) is 13.1 Å². The van der Waals surface area contributed by atoms with E-state index in [9.17, 15) is 9.59 Å². The van der Waals surface area contributed by atoms with E-state index in [1.807, 2.05) is 6.92 Å². The van der Waals surface area contributed by atoms with Crippen molar-refractivity contribution in [1.82, 2.24) is 10.2 Å². The van der Waals surface area contributed by atoms with Gasteiger partial charge in [-0.15, -0.1) is 0 Å². The summed E-state index contributed by atoms with van der Waals surface area (Å²) in [5, 5.41) is 11.4. The molecule has 0 aromatic heterocycles. The van der Waals surface area contributed by atoms with E-state index in [1.165, 1.54) is 0 Å². The summed E-state index contributed by atoms with van der Waals surface area (Å²) in [5.41, 5.74) is 0. The van der Waals surface area contributed by atoms with Crippen molar-refractivity contribution >= 4 is 11.9 Å². The number of hydrogen-bond acceptors (Lipinski definition) is 3. The SMILES string of the molecule is CCN(CC(=O)O)CC(=O)NC1CC1. The Hall–Kier alpha value is -1.10. The molecule has 1 fully saturated rings. The van der Waals surface area contributed by atoms with E-state index in [4.69, 9.17) is 5.11 Å². The monoisotopic (exact) mass is 200 g/mol. The molecule has 0 saturated heterocycles. The summed E-state index contributed by atoms with van der Waals surface area (Å²) in [6.45, 7) is 2.52. The Balaban J connectivity index is 2.23. The Morgan fingerprint density at radius 2 is 2.07 bits per heavy atom. The van der Waals surface area contributed by atoms with E-state index in [1.54, 1.807) is 4.90 Å². The molecule has 2 N–H and O–H groups in total. The number of amides is 1. The second-order valence-corrected chi connectivity index (χ2v) is 3.54. The van der Waals surface area contributed by atoms with E-state index in [-0.39, 0.29) is 19.0 Å². The third-order valence-electron chi connectivity index (χ3n) is 2.12. The van der Waals surface area contributed by atoms with Crippen LogP contribution in [0.15, 0.2) is 0 Å². The predicted octanol–water partition coefficient (Wildman–Crippen LogP) is -0.328. The number of aliphatic carboxylic acids is 1. The Morgan fingerprint density at radius 3 is 2.50 bits per heavy atom. The Kier molecular flexibility index (Phi) is 3.88. The number of hydrogen-bond donors (Lipinski definition) is 2. The molecule has 1 aliphatic rings. The zero-order chi connectivity index (χ0) is 10.6. The van der Waals surface area contributed by atoms with Gasteiger partial charge in [0.2, 0.25) is 5.91 Å². The standard InChI is InChI=1S/C9H16N2O3/c1-2-11(6-9(13)14)5-8(12)10-7-3-4-7/h7H,2-6H2,1H3,(H,10,12)(H,13,14). The first-order valence-electron chi connectivity index (χ1n) is 4.85. The molecule has 0 spiro atoms. The first kappa shape index (κ1) is 11.0. The van der Waals surface area contributed by atoms with Crippen LogP contribution in [0, 0.1) is 0 Å². The molecule has 1 rings (SSSR count). The average molecular weight is 200 g/mol. The number of nitrogens with one attached hydrogen (secondary N) is 1. The van der Waals surface area contributed by atoms with Gasteiger partial charge in [-0.3, -0.25) is 14.5 Å². The molecule has 5 heteroatoms. The van der Waals surface area contributed by atoms with Crippen molar-refractivity contribution in [2.24, 2.45) is 0 Å². The quantitative estimate of drug-likeness (QED) is 0.616. The van der Waals surface area contributed by atoms with Crippen LogP contribution in [-0.4, -0.2) is 47.6 Å². The molecule has 0 aliphatic heterocycles. The molecule has 0 aromatic rings. The van der Waals surface area contributed by atoms with Gasteiger partial charge >= 0.3 is 5.97 Å². The van der Waals surface area contributed by atoms with E-state index >= 15 is 0 Å². The van der Waals surface area contributed by atoms with Gasteiger partial charge in [0.15, 0.2) is 0 Å². The van der Waals surface area contributed by atoms with Gasteiger partial charge in [0, 0.05) is 6.04 Å². The molecule has 14 heavy (non-hydrogen) atoms. The predicted molar refractivity (Wildman–Crippen MR) is 50.9 cm³/mol. The van der Waals surface area contributed by atoms with Crippen molar-refractivity contribution in [1.29, 1.82) is 0 Å². The maximum atomic E-state index is 11.3. The summed E-state index contributed by atoms with van der Waals surface area (Å²) < 4.78 is 0.